The normalized spacial score (nSPS) is 15.1. The van der Waals surface area contributed by atoms with Crippen molar-refractivity contribution >= 4 is 0 Å². The molecule has 0 aliphatic heterocycles. The number of nitriles is 1. The molecule has 0 spiro atoms. The molecule has 2 rings (SSSR count). The van der Waals surface area contributed by atoms with Crippen molar-refractivity contribution in [3.05, 3.63) is 18.2 Å². The van der Waals surface area contributed by atoms with Crippen LogP contribution in [0.1, 0.15) is 31.5 Å². The zero-order valence-electron chi connectivity index (χ0n) is 8.82. The SMILES string of the molecule is N#CCCCn1ccnc1CNC1CC1. The molecule has 4 nitrogen and oxygen atoms in total. The van der Waals surface area contributed by atoms with Crippen molar-refractivity contribution < 1.29 is 0 Å². The summed E-state index contributed by atoms with van der Waals surface area (Å²) in [6.45, 7) is 1.75. The quantitative estimate of drug-likeness (QED) is 0.713. The van der Waals surface area contributed by atoms with Crippen molar-refractivity contribution in [2.24, 2.45) is 0 Å². The minimum Gasteiger partial charge on any atom is -0.334 e. The van der Waals surface area contributed by atoms with E-state index in [9.17, 15) is 0 Å². The van der Waals surface area contributed by atoms with E-state index in [0.717, 1.165) is 25.3 Å². The molecule has 1 fully saturated rings. The standard InChI is InChI=1S/C11H16N4/c12-5-1-2-7-15-8-6-13-11(15)9-14-10-3-4-10/h6,8,10,14H,1-4,7,9H2. The number of aryl methyl sites for hydroxylation is 1. The minimum atomic E-state index is 0.619. The van der Waals surface area contributed by atoms with E-state index in [4.69, 9.17) is 5.26 Å². The van der Waals surface area contributed by atoms with Gasteiger partial charge in [0, 0.05) is 31.4 Å². The predicted molar refractivity (Wildman–Crippen MR) is 56.9 cm³/mol. The largest absolute Gasteiger partial charge is 0.334 e. The average Bonchev–Trinajstić information content (AvgIpc) is 2.97. The van der Waals surface area contributed by atoms with Gasteiger partial charge >= 0.3 is 0 Å². The summed E-state index contributed by atoms with van der Waals surface area (Å²) in [5, 5.41) is 11.9. The zero-order chi connectivity index (χ0) is 10.5. The highest BCUT2D eigenvalue weighted by Crippen LogP contribution is 2.19. The zero-order valence-corrected chi connectivity index (χ0v) is 8.82. The minimum absolute atomic E-state index is 0.619. The molecule has 1 aliphatic carbocycles. The first kappa shape index (κ1) is 10.2. The fraction of sp³-hybridized carbons (Fsp3) is 0.636. The average molecular weight is 204 g/mol. The number of nitrogens with one attached hydrogen (secondary N) is 1. The van der Waals surface area contributed by atoms with Gasteiger partial charge in [0.05, 0.1) is 12.6 Å². The maximum absolute atomic E-state index is 8.46. The van der Waals surface area contributed by atoms with Crippen LogP contribution in [0.5, 0.6) is 0 Å². The first-order chi connectivity index (χ1) is 7.40. The fourth-order valence-electron chi connectivity index (χ4n) is 1.56. The van der Waals surface area contributed by atoms with E-state index in [1.165, 1.54) is 12.8 Å². The highest BCUT2D eigenvalue weighted by molar-refractivity contribution is 4.94. The third-order valence-corrected chi connectivity index (χ3v) is 2.62. The number of hydrogen-bond donors (Lipinski definition) is 1. The molecule has 15 heavy (non-hydrogen) atoms. The van der Waals surface area contributed by atoms with Crippen molar-refractivity contribution in [3.8, 4) is 6.07 Å². The second-order valence-electron chi connectivity index (χ2n) is 3.95. The fourth-order valence-corrected chi connectivity index (χ4v) is 1.56. The van der Waals surface area contributed by atoms with Gasteiger partial charge in [0.1, 0.15) is 5.82 Å². The van der Waals surface area contributed by atoms with Crippen molar-refractivity contribution in [3.63, 3.8) is 0 Å². The molecule has 4 heteroatoms. The van der Waals surface area contributed by atoms with E-state index in [-0.39, 0.29) is 0 Å². The molecule has 1 aromatic rings. The van der Waals surface area contributed by atoms with E-state index in [1.807, 2.05) is 12.4 Å². The smallest absolute Gasteiger partial charge is 0.122 e. The van der Waals surface area contributed by atoms with Gasteiger partial charge in [-0.05, 0) is 19.3 Å². The Morgan fingerprint density at radius 1 is 1.60 bits per heavy atom. The first-order valence-corrected chi connectivity index (χ1v) is 5.50. The number of unbranched alkanes of at least 4 members (excludes halogenated alkanes) is 1. The van der Waals surface area contributed by atoms with Gasteiger partial charge in [-0.1, -0.05) is 0 Å². The van der Waals surface area contributed by atoms with Crippen LogP contribution >= 0.6 is 0 Å². The maximum Gasteiger partial charge on any atom is 0.122 e. The third kappa shape index (κ3) is 3.07. The van der Waals surface area contributed by atoms with Crippen LogP contribution in [0.3, 0.4) is 0 Å². The Morgan fingerprint density at radius 3 is 3.20 bits per heavy atom. The van der Waals surface area contributed by atoms with Gasteiger partial charge in [-0.25, -0.2) is 4.98 Å². The number of hydrogen-bond acceptors (Lipinski definition) is 3. The summed E-state index contributed by atoms with van der Waals surface area (Å²) in [6, 6.07) is 2.88. The summed E-state index contributed by atoms with van der Waals surface area (Å²) in [7, 11) is 0. The molecular formula is C11H16N4. The number of aromatic nitrogens is 2. The Morgan fingerprint density at radius 2 is 2.47 bits per heavy atom. The van der Waals surface area contributed by atoms with Gasteiger partial charge in [-0.3, -0.25) is 0 Å². The molecular weight excluding hydrogens is 188 g/mol. The van der Waals surface area contributed by atoms with Crippen molar-refractivity contribution in [2.75, 3.05) is 0 Å². The van der Waals surface area contributed by atoms with Gasteiger partial charge in [0.2, 0.25) is 0 Å². The summed E-state index contributed by atoms with van der Waals surface area (Å²) in [6.07, 6.45) is 7.94. The summed E-state index contributed by atoms with van der Waals surface area (Å²) < 4.78 is 2.13. The number of rotatable bonds is 6. The molecule has 1 saturated carbocycles. The second-order valence-corrected chi connectivity index (χ2v) is 3.95. The van der Waals surface area contributed by atoms with Crippen LogP contribution in [0.2, 0.25) is 0 Å². The lowest BCUT2D eigenvalue weighted by Crippen LogP contribution is -2.18. The van der Waals surface area contributed by atoms with Gasteiger partial charge in [0.25, 0.3) is 0 Å². The van der Waals surface area contributed by atoms with Crippen LogP contribution in [0.4, 0.5) is 0 Å². The lowest BCUT2D eigenvalue weighted by molar-refractivity contribution is 0.577. The molecule has 0 radical (unpaired) electrons. The highest BCUT2D eigenvalue weighted by atomic mass is 15.1. The van der Waals surface area contributed by atoms with Crippen LogP contribution in [0, 0.1) is 11.3 Å². The molecule has 0 aromatic carbocycles. The Balaban J connectivity index is 1.81. The summed E-state index contributed by atoms with van der Waals surface area (Å²) in [5.41, 5.74) is 0. The molecule has 1 aromatic heterocycles. The van der Waals surface area contributed by atoms with E-state index in [0.29, 0.717) is 12.5 Å². The first-order valence-electron chi connectivity index (χ1n) is 5.50. The molecule has 1 N–H and O–H groups in total. The van der Waals surface area contributed by atoms with Crippen LogP contribution in [-0.2, 0) is 13.1 Å². The summed E-state index contributed by atoms with van der Waals surface area (Å²) >= 11 is 0. The maximum atomic E-state index is 8.46. The molecule has 0 unspecified atom stereocenters. The van der Waals surface area contributed by atoms with E-state index in [2.05, 4.69) is 20.9 Å². The van der Waals surface area contributed by atoms with Crippen molar-refractivity contribution in [1.29, 1.82) is 5.26 Å². The molecule has 0 amide bonds. The van der Waals surface area contributed by atoms with Crippen LogP contribution in [0.25, 0.3) is 0 Å². The van der Waals surface area contributed by atoms with Crippen LogP contribution < -0.4 is 5.32 Å². The Bertz CT molecular complexity index is 346. The predicted octanol–water partition coefficient (Wildman–Crippen LogP) is 1.44. The summed E-state index contributed by atoms with van der Waals surface area (Å²) in [4.78, 5) is 4.31. The van der Waals surface area contributed by atoms with E-state index < -0.39 is 0 Å². The molecule has 1 aliphatic rings. The van der Waals surface area contributed by atoms with Gasteiger partial charge in [0.15, 0.2) is 0 Å². The number of imidazole rings is 1. The Kier molecular flexibility index (Phi) is 3.36. The lowest BCUT2D eigenvalue weighted by atomic mass is 10.3. The molecule has 1 heterocycles. The van der Waals surface area contributed by atoms with Gasteiger partial charge < -0.3 is 9.88 Å². The third-order valence-electron chi connectivity index (χ3n) is 2.62. The van der Waals surface area contributed by atoms with Gasteiger partial charge in [-0.15, -0.1) is 0 Å². The van der Waals surface area contributed by atoms with E-state index in [1.54, 1.807) is 0 Å². The molecule has 0 atom stereocenters. The Labute approximate surface area is 89.9 Å². The van der Waals surface area contributed by atoms with Gasteiger partial charge in [-0.2, -0.15) is 5.26 Å². The van der Waals surface area contributed by atoms with Crippen molar-refractivity contribution in [1.82, 2.24) is 14.9 Å². The lowest BCUT2D eigenvalue weighted by Gasteiger charge is -2.06. The summed E-state index contributed by atoms with van der Waals surface area (Å²) in [5.74, 6) is 1.08. The second kappa shape index (κ2) is 4.94. The number of nitrogens with zero attached hydrogens (tertiary/aromatic N) is 3. The molecule has 80 valence electrons. The van der Waals surface area contributed by atoms with Crippen molar-refractivity contribution in [2.45, 2.75) is 44.8 Å². The van der Waals surface area contributed by atoms with Crippen LogP contribution in [-0.4, -0.2) is 15.6 Å². The molecule has 0 bridgehead atoms. The van der Waals surface area contributed by atoms with Crippen LogP contribution in [0.15, 0.2) is 12.4 Å². The Hall–Kier alpha value is -1.34. The molecule has 0 saturated heterocycles. The van der Waals surface area contributed by atoms with E-state index >= 15 is 0 Å². The highest BCUT2D eigenvalue weighted by Gasteiger charge is 2.20. The monoisotopic (exact) mass is 204 g/mol. The topological polar surface area (TPSA) is 53.6 Å².